The monoisotopic (exact) mass is 537 g/mol. The van der Waals surface area contributed by atoms with Crippen LogP contribution in [0.4, 0.5) is 0 Å². The molecule has 2 amide bonds. The number of fused-ring (bicyclic) bond motifs is 2. The number of nitrogens with zero attached hydrogens (tertiary/aromatic N) is 5. The van der Waals surface area contributed by atoms with E-state index in [-0.39, 0.29) is 18.4 Å². The third-order valence-electron chi connectivity index (χ3n) is 5.97. The van der Waals surface area contributed by atoms with Crippen LogP contribution in [0.25, 0.3) is 5.69 Å². The largest absolute Gasteiger partial charge is 0.456 e. The van der Waals surface area contributed by atoms with Gasteiger partial charge in [0.25, 0.3) is 5.91 Å². The molecule has 6 rings (SSSR count). The summed E-state index contributed by atoms with van der Waals surface area (Å²) in [5.41, 5.74) is 2.42. The molecular weight excluding hydrogens is 518 g/mol. The van der Waals surface area contributed by atoms with Gasteiger partial charge in [0.1, 0.15) is 29.8 Å². The molecule has 3 aliphatic heterocycles. The van der Waals surface area contributed by atoms with Gasteiger partial charge in [-0.05, 0) is 48.6 Å². The van der Waals surface area contributed by atoms with Crippen molar-refractivity contribution < 1.29 is 14.3 Å². The predicted molar refractivity (Wildman–Crippen MR) is 131 cm³/mol. The average Bonchev–Trinajstić information content (AvgIpc) is 3.20. The summed E-state index contributed by atoms with van der Waals surface area (Å²) in [6, 6.07) is 7.37. The molecule has 1 fully saturated rings. The molecule has 0 atom stereocenters. The molecular formula is C24H20BrN5O3S. The van der Waals surface area contributed by atoms with Crippen molar-refractivity contribution in [3.8, 4) is 17.5 Å². The van der Waals surface area contributed by atoms with Gasteiger partial charge in [-0.25, -0.2) is 4.98 Å². The van der Waals surface area contributed by atoms with E-state index in [0.717, 1.165) is 10.1 Å². The molecule has 0 spiro atoms. The number of hydrogen-bond donors (Lipinski definition) is 0. The summed E-state index contributed by atoms with van der Waals surface area (Å²) in [6.07, 6.45) is 9.67. The molecule has 172 valence electrons. The fourth-order valence-corrected chi connectivity index (χ4v) is 5.12. The molecule has 1 saturated heterocycles. The van der Waals surface area contributed by atoms with Crippen LogP contribution in [-0.2, 0) is 4.79 Å². The Morgan fingerprint density at radius 2 is 2.00 bits per heavy atom. The summed E-state index contributed by atoms with van der Waals surface area (Å²) < 4.78 is 8.79. The lowest BCUT2D eigenvalue weighted by atomic mass is 10.1. The quantitative estimate of drug-likeness (QED) is 0.515. The van der Waals surface area contributed by atoms with Gasteiger partial charge >= 0.3 is 0 Å². The number of ether oxygens (including phenoxy) is 1. The number of nitriles is 1. The molecule has 0 radical (unpaired) electrons. The Hall–Kier alpha value is -3.29. The van der Waals surface area contributed by atoms with Gasteiger partial charge in [-0.15, -0.1) is 0 Å². The Balaban J connectivity index is 1.68. The first kappa shape index (κ1) is 22.5. The Bertz CT molecular complexity index is 1340. The van der Waals surface area contributed by atoms with Crippen LogP contribution in [0.1, 0.15) is 22.5 Å². The summed E-state index contributed by atoms with van der Waals surface area (Å²) in [5, 5.41) is 10.3. The van der Waals surface area contributed by atoms with Crippen LogP contribution >= 0.6 is 27.7 Å². The number of imidazole rings is 1. The minimum absolute atomic E-state index is 0.0160. The van der Waals surface area contributed by atoms with Crippen molar-refractivity contribution >= 4 is 39.5 Å². The van der Waals surface area contributed by atoms with E-state index in [9.17, 15) is 14.9 Å². The van der Waals surface area contributed by atoms with Crippen LogP contribution in [0.2, 0.25) is 0 Å². The molecule has 6 bridgehead atoms. The Labute approximate surface area is 209 Å². The number of allylic oxidation sites excluding steroid dienone is 4. The zero-order chi connectivity index (χ0) is 23.8. The lowest BCUT2D eigenvalue weighted by Crippen LogP contribution is -2.52. The van der Waals surface area contributed by atoms with Crippen LogP contribution in [0.15, 0.2) is 63.6 Å². The molecule has 4 aliphatic rings. The number of carbonyl (C=O) groups is 2. The van der Waals surface area contributed by atoms with Crippen molar-refractivity contribution in [3.05, 3.63) is 69.7 Å². The summed E-state index contributed by atoms with van der Waals surface area (Å²) in [4.78, 5) is 34.2. The number of halogens is 1. The number of piperazine rings is 1. The third-order valence-corrected chi connectivity index (χ3v) is 7.45. The summed E-state index contributed by atoms with van der Waals surface area (Å²) >= 11 is 5.02. The van der Waals surface area contributed by atoms with E-state index in [4.69, 9.17) is 4.74 Å². The van der Waals surface area contributed by atoms with E-state index >= 15 is 0 Å². The SMILES string of the molecule is CSc1ncc2n1-c1ccc(C#N)c(c1)OC1=CCC(=C(Br)C=C1)CN1CCN(CC1=O)C2=O. The number of amides is 2. The summed E-state index contributed by atoms with van der Waals surface area (Å²) in [5.74, 6) is 0.631. The van der Waals surface area contributed by atoms with Crippen LogP contribution in [0.5, 0.6) is 5.75 Å². The molecule has 0 N–H and O–H groups in total. The van der Waals surface area contributed by atoms with Crippen molar-refractivity contribution in [3.63, 3.8) is 0 Å². The molecule has 8 nitrogen and oxygen atoms in total. The molecule has 10 heteroatoms. The first-order valence-electron chi connectivity index (χ1n) is 10.7. The molecule has 34 heavy (non-hydrogen) atoms. The van der Waals surface area contributed by atoms with Crippen LogP contribution in [0, 0.1) is 11.3 Å². The average molecular weight is 538 g/mol. The van der Waals surface area contributed by atoms with E-state index in [1.54, 1.807) is 32.6 Å². The maximum atomic E-state index is 13.5. The van der Waals surface area contributed by atoms with Crippen molar-refractivity contribution in [2.75, 3.05) is 32.4 Å². The second kappa shape index (κ2) is 9.16. The van der Waals surface area contributed by atoms with E-state index in [2.05, 4.69) is 27.0 Å². The Morgan fingerprint density at radius 1 is 1.18 bits per heavy atom. The highest BCUT2D eigenvalue weighted by molar-refractivity contribution is 9.11. The predicted octanol–water partition coefficient (Wildman–Crippen LogP) is 3.64. The van der Waals surface area contributed by atoms with E-state index in [1.807, 2.05) is 24.5 Å². The van der Waals surface area contributed by atoms with E-state index < -0.39 is 0 Å². The highest BCUT2D eigenvalue weighted by Crippen LogP contribution is 2.31. The highest BCUT2D eigenvalue weighted by atomic mass is 79.9. The first-order valence-corrected chi connectivity index (χ1v) is 12.7. The fraction of sp³-hybridized carbons (Fsp3) is 0.250. The lowest BCUT2D eigenvalue weighted by Gasteiger charge is -2.35. The van der Waals surface area contributed by atoms with Gasteiger partial charge in [0.05, 0.1) is 17.4 Å². The van der Waals surface area contributed by atoms with Crippen molar-refractivity contribution in [2.45, 2.75) is 11.6 Å². The number of carbonyl (C=O) groups excluding carboxylic acids is 2. The van der Waals surface area contributed by atoms with Gasteiger partial charge in [-0.3, -0.25) is 14.2 Å². The number of thioether (sulfide) groups is 1. The van der Waals surface area contributed by atoms with Crippen molar-refractivity contribution in [1.82, 2.24) is 19.4 Å². The van der Waals surface area contributed by atoms with Crippen LogP contribution in [0.3, 0.4) is 0 Å². The number of hydrogen-bond acceptors (Lipinski definition) is 6. The molecule has 0 saturated carbocycles. The minimum Gasteiger partial charge on any atom is -0.456 e. The normalized spacial score (nSPS) is 18.0. The number of benzene rings is 1. The maximum Gasteiger partial charge on any atom is 0.273 e. The number of rotatable bonds is 1. The molecule has 1 aromatic heterocycles. The molecule has 0 unspecified atom stereocenters. The van der Waals surface area contributed by atoms with Crippen molar-refractivity contribution in [2.24, 2.45) is 0 Å². The van der Waals surface area contributed by atoms with E-state index in [1.165, 1.54) is 18.0 Å². The smallest absolute Gasteiger partial charge is 0.273 e. The van der Waals surface area contributed by atoms with Gasteiger partial charge < -0.3 is 14.5 Å². The summed E-state index contributed by atoms with van der Waals surface area (Å²) in [7, 11) is 0. The zero-order valence-corrected chi connectivity index (χ0v) is 20.7. The van der Waals surface area contributed by atoms with E-state index in [0.29, 0.717) is 59.7 Å². The standard InChI is InChI=1S/C24H20BrN5O3S/c1-34-24-27-12-20-23(32)29-9-8-28(22(31)14-29)13-16-3-5-18(6-7-19(16)25)33-21-10-17(30(20)24)4-2-15(21)11-26/h2,4-7,10,12H,3,8-9,13-14H2,1H3. The van der Waals surface area contributed by atoms with Gasteiger partial charge in [-0.2, -0.15) is 5.26 Å². The second-order valence-electron chi connectivity index (χ2n) is 8.00. The van der Waals surface area contributed by atoms with Gasteiger partial charge in [0, 0.05) is 30.2 Å². The molecule has 1 aliphatic carbocycles. The first-order chi connectivity index (χ1) is 16.5. The Kier molecular flexibility index (Phi) is 6.06. The third kappa shape index (κ3) is 4.06. The maximum absolute atomic E-state index is 13.5. The molecule has 4 heterocycles. The highest BCUT2D eigenvalue weighted by Gasteiger charge is 2.31. The second-order valence-corrected chi connectivity index (χ2v) is 9.63. The fourth-order valence-electron chi connectivity index (χ4n) is 4.15. The lowest BCUT2D eigenvalue weighted by molar-refractivity contribution is -0.134. The Morgan fingerprint density at radius 3 is 2.76 bits per heavy atom. The van der Waals surface area contributed by atoms with Crippen LogP contribution in [-0.4, -0.2) is 63.6 Å². The molecule has 2 aromatic rings. The summed E-state index contributed by atoms with van der Waals surface area (Å²) in [6.45, 7) is 1.37. The molecule has 1 aromatic carbocycles. The number of aromatic nitrogens is 2. The van der Waals surface area contributed by atoms with Crippen LogP contribution < -0.4 is 4.74 Å². The van der Waals surface area contributed by atoms with Gasteiger partial charge in [0.15, 0.2) is 5.16 Å². The zero-order valence-electron chi connectivity index (χ0n) is 18.3. The minimum atomic E-state index is -0.261. The van der Waals surface area contributed by atoms with Crippen molar-refractivity contribution in [1.29, 1.82) is 5.26 Å². The van der Waals surface area contributed by atoms with Gasteiger partial charge in [-0.1, -0.05) is 27.7 Å². The van der Waals surface area contributed by atoms with Gasteiger partial charge in [0.2, 0.25) is 5.91 Å². The topological polar surface area (TPSA) is 91.5 Å².